The van der Waals surface area contributed by atoms with E-state index in [9.17, 15) is 4.79 Å². The van der Waals surface area contributed by atoms with E-state index in [0.717, 1.165) is 59.6 Å². The first-order chi connectivity index (χ1) is 14.2. The summed E-state index contributed by atoms with van der Waals surface area (Å²) < 4.78 is 2.18. The number of amides is 1. The van der Waals surface area contributed by atoms with E-state index in [4.69, 9.17) is 4.98 Å². The van der Waals surface area contributed by atoms with E-state index in [-0.39, 0.29) is 11.8 Å². The number of carbonyl (C=O) groups excluding carboxylic acids is 1. The first kappa shape index (κ1) is 17.9. The van der Waals surface area contributed by atoms with Crippen molar-refractivity contribution in [3.8, 4) is 0 Å². The molecule has 0 aliphatic carbocycles. The maximum absolute atomic E-state index is 12.9. The summed E-state index contributed by atoms with van der Waals surface area (Å²) in [6.07, 6.45) is 3.21. The number of piperidine rings is 1. The van der Waals surface area contributed by atoms with Gasteiger partial charge in [-0.05, 0) is 37.1 Å². The minimum absolute atomic E-state index is 0.203. The van der Waals surface area contributed by atoms with E-state index in [2.05, 4.69) is 33.7 Å². The van der Waals surface area contributed by atoms with E-state index in [0.29, 0.717) is 12.8 Å². The zero-order valence-corrected chi connectivity index (χ0v) is 16.6. The maximum Gasteiger partial charge on any atom is 0.223 e. The van der Waals surface area contributed by atoms with Gasteiger partial charge in [0.05, 0.1) is 22.1 Å². The second-order valence-corrected chi connectivity index (χ2v) is 7.90. The van der Waals surface area contributed by atoms with Crippen molar-refractivity contribution in [2.75, 3.05) is 13.1 Å². The number of H-pyrrole nitrogens is 1. The summed E-state index contributed by atoms with van der Waals surface area (Å²) >= 11 is 0. The highest BCUT2D eigenvalue weighted by molar-refractivity contribution is 5.78. The minimum Gasteiger partial charge on any atom is -0.342 e. The van der Waals surface area contributed by atoms with Crippen molar-refractivity contribution in [1.29, 1.82) is 0 Å². The maximum atomic E-state index is 12.9. The monoisotopic (exact) mass is 387 g/mol. The number of carbonyl (C=O) groups is 1. The molecule has 29 heavy (non-hydrogen) atoms. The van der Waals surface area contributed by atoms with Crippen LogP contribution in [0.15, 0.2) is 48.5 Å². The molecule has 3 heterocycles. The van der Waals surface area contributed by atoms with Gasteiger partial charge in [0.25, 0.3) is 0 Å². The van der Waals surface area contributed by atoms with Gasteiger partial charge in [-0.25, -0.2) is 9.97 Å². The summed E-state index contributed by atoms with van der Waals surface area (Å²) in [4.78, 5) is 27.6. The summed E-state index contributed by atoms with van der Waals surface area (Å²) in [7, 11) is 2.08. The number of aromatic nitrogens is 4. The summed E-state index contributed by atoms with van der Waals surface area (Å²) in [5.74, 6) is 2.45. The summed E-state index contributed by atoms with van der Waals surface area (Å²) in [5.41, 5.74) is 4.15. The zero-order chi connectivity index (χ0) is 19.8. The number of nitrogens with zero attached hydrogens (tertiary/aromatic N) is 4. The molecule has 1 N–H and O–H groups in total. The number of hydrogen-bond acceptors (Lipinski definition) is 3. The lowest BCUT2D eigenvalue weighted by Crippen LogP contribution is -2.39. The molecule has 5 rings (SSSR count). The lowest BCUT2D eigenvalue weighted by Gasteiger charge is -2.32. The van der Waals surface area contributed by atoms with Crippen molar-refractivity contribution >= 4 is 28.0 Å². The Balaban J connectivity index is 1.27. The lowest BCUT2D eigenvalue weighted by atomic mass is 9.96. The number of fused-ring (bicyclic) bond motifs is 2. The molecule has 0 bridgehead atoms. The fourth-order valence-electron chi connectivity index (χ4n) is 4.45. The second kappa shape index (κ2) is 7.35. The molecule has 1 fully saturated rings. The SMILES string of the molecule is Cn1c([C@@H]2CCCN(C(=O)CCc3nc4ccccc4[nH]3)C2)nc2ccccc21. The third-order valence-corrected chi connectivity index (χ3v) is 5.98. The van der Waals surface area contributed by atoms with Crippen LogP contribution >= 0.6 is 0 Å². The van der Waals surface area contributed by atoms with Gasteiger partial charge in [0.1, 0.15) is 11.6 Å². The van der Waals surface area contributed by atoms with E-state index < -0.39 is 0 Å². The Hall–Kier alpha value is -3.15. The molecule has 0 saturated carbocycles. The molecule has 0 unspecified atom stereocenters. The van der Waals surface area contributed by atoms with Gasteiger partial charge in [-0.2, -0.15) is 0 Å². The van der Waals surface area contributed by atoms with E-state index in [1.165, 1.54) is 0 Å². The number of para-hydroxylation sites is 4. The van der Waals surface area contributed by atoms with Crippen LogP contribution in [0, 0.1) is 0 Å². The molecule has 0 spiro atoms. The molecule has 6 heteroatoms. The molecule has 1 amide bonds. The smallest absolute Gasteiger partial charge is 0.223 e. The highest BCUT2D eigenvalue weighted by Crippen LogP contribution is 2.29. The third-order valence-electron chi connectivity index (χ3n) is 5.98. The average Bonchev–Trinajstić information content (AvgIpc) is 3.33. The van der Waals surface area contributed by atoms with Crippen LogP contribution in [0.3, 0.4) is 0 Å². The first-order valence-corrected chi connectivity index (χ1v) is 10.3. The van der Waals surface area contributed by atoms with Gasteiger partial charge in [0.15, 0.2) is 0 Å². The summed E-state index contributed by atoms with van der Waals surface area (Å²) in [5, 5.41) is 0. The molecule has 2 aromatic heterocycles. The number of benzene rings is 2. The van der Waals surface area contributed by atoms with Gasteiger partial charge in [0, 0.05) is 38.9 Å². The van der Waals surface area contributed by atoms with Crippen molar-refractivity contribution in [2.24, 2.45) is 7.05 Å². The quantitative estimate of drug-likeness (QED) is 0.579. The largest absolute Gasteiger partial charge is 0.342 e. The Kier molecular flexibility index (Phi) is 4.54. The van der Waals surface area contributed by atoms with Crippen LogP contribution < -0.4 is 0 Å². The Morgan fingerprint density at radius 2 is 1.90 bits per heavy atom. The molecule has 1 aliphatic heterocycles. The summed E-state index contributed by atoms with van der Waals surface area (Å²) in [6, 6.07) is 16.2. The standard InChI is InChI=1S/C23H25N5O/c1-27-20-11-5-4-10-19(20)26-23(27)16-7-6-14-28(15-16)22(29)13-12-21-24-17-8-2-3-9-18(17)25-21/h2-5,8-11,16H,6-7,12-15H2,1H3,(H,24,25)/t16-/m1/s1. The number of aryl methyl sites for hydroxylation is 2. The van der Waals surface area contributed by atoms with Crippen LogP contribution in [0.2, 0.25) is 0 Å². The fraction of sp³-hybridized carbons (Fsp3) is 0.348. The minimum atomic E-state index is 0.203. The second-order valence-electron chi connectivity index (χ2n) is 7.90. The molecule has 2 aromatic carbocycles. The molecular weight excluding hydrogens is 362 g/mol. The van der Waals surface area contributed by atoms with Gasteiger partial charge in [0.2, 0.25) is 5.91 Å². The lowest BCUT2D eigenvalue weighted by molar-refractivity contribution is -0.132. The number of aromatic amines is 1. The van der Waals surface area contributed by atoms with Gasteiger partial charge in [-0.15, -0.1) is 0 Å². The van der Waals surface area contributed by atoms with E-state index >= 15 is 0 Å². The molecule has 4 aromatic rings. The van der Waals surface area contributed by atoms with Crippen LogP contribution in [0.1, 0.15) is 36.8 Å². The Morgan fingerprint density at radius 1 is 1.10 bits per heavy atom. The number of nitrogens with one attached hydrogen (secondary N) is 1. The third kappa shape index (κ3) is 3.39. The van der Waals surface area contributed by atoms with Crippen molar-refractivity contribution in [2.45, 2.75) is 31.6 Å². The summed E-state index contributed by atoms with van der Waals surface area (Å²) in [6.45, 7) is 1.58. The number of imidazole rings is 2. The zero-order valence-electron chi connectivity index (χ0n) is 16.6. The Bertz CT molecular complexity index is 1140. The van der Waals surface area contributed by atoms with Crippen LogP contribution in [0.4, 0.5) is 0 Å². The highest BCUT2D eigenvalue weighted by atomic mass is 16.2. The van der Waals surface area contributed by atoms with Crippen molar-refractivity contribution in [3.05, 3.63) is 60.2 Å². The van der Waals surface area contributed by atoms with Crippen LogP contribution in [0.25, 0.3) is 22.1 Å². The van der Waals surface area contributed by atoms with Crippen molar-refractivity contribution in [3.63, 3.8) is 0 Å². The van der Waals surface area contributed by atoms with Crippen LogP contribution in [-0.2, 0) is 18.3 Å². The molecule has 1 saturated heterocycles. The fourth-order valence-corrected chi connectivity index (χ4v) is 4.45. The Labute approximate surface area is 169 Å². The number of rotatable bonds is 4. The van der Waals surface area contributed by atoms with Crippen LogP contribution in [0.5, 0.6) is 0 Å². The first-order valence-electron chi connectivity index (χ1n) is 10.3. The number of hydrogen-bond donors (Lipinski definition) is 1. The molecular formula is C23H25N5O. The Morgan fingerprint density at radius 3 is 2.72 bits per heavy atom. The molecule has 148 valence electrons. The average molecular weight is 387 g/mol. The topological polar surface area (TPSA) is 66.8 Å². The molecule has 1 atom stereocenters. The van der Waals surface area contributed by atoms with Gasteiger partial charge in [-0.1, -0.05) is 24.3 Å². The normalized spacial score (nSPS) is 17.3. The highest BCUT2D eigenvalue weighted by Gasteiger charge is 2.27. The molecule has 1 aliphatic rings. The van der Waals surface area contributed by atoms with Gasteiger partial charge in [-0.3, -0.25) is 4.79 Å². The predicted octanol–water partition coefficient (Wildman–Crippen LogP) is 3.79. The van der Waals surface area contributed by atoms with Gasteiger partial charge >= 0.3 is 0 Å². The predicted molar refractivity (Wildman–Crippen MR) is 114 cm³/mol. The van der Waals surface area contributed by atoms with Crippen LogP contribution in [-0.4, -0.2) is 43.4 Å². The van der Waals surface area contributed by atoms with E-state index in [1.54, 1.807) is 0 Å². The van der Waals surface area contributed by atoms with Gasteiger partial charge < -0.3 is 14.5 Å². The van der Waals surface area contributed by atoms with E-state index in [1.807, 2.05) is 41.3 Å². The number of likely N-dealkylation sites (tertiary alicyclic amines) is 1. The molecule has 0 radical (unpaired) electrons. The van der Waals surface area contributed by atoms with Crippen molar-refractivity contribution < 1.29 is 4.79 Å². The van der Waals surface area contributed by atoms with Crippen molar-refractivity contribution in [1.82, 2.24) is 24.4 Å². The molecule has 6 nitrogen and oxygen atoms in total.